The van der Waals surface area contributed by atoms with Crippen molar-refractivity contribution in [2.45, 2.75) is 10.9 Å². The number of aromatic hydroxyl groups is 3. The van der Waals surface area contributed by atoms with Gasteiger partial charge in [0.25, 0.3) is 0 Å². The average Bonchev–Trinajstić information content (AvgIpc) is 2.59. The van der Waals surface area contributed by atoms with E-state index in [9.17, 15) is 30.8 Å². The number of thiocarbonyl (C=S) groups is 1. The summed E-state index contributed by atoms with van der Waals surface area (Å²) in [7, 11) is 0. The van der Waals surface area contributed by atoms with Gasteiger partial charge in [-0.2, -0.15) is 5.26 Å². The summed E-state index contributed by atoms with van der Waals surface area (Å²) in [6.45, 7) is 0.211. The zero-order chi connectivity index (χ0) is 19.4. The molecular formula is C17H15BrN2O5S. The van der Waals surface area contributed by atoms with Gasteiger partial charge in [0.15, 0.2) is 17.2 Å². The van der Waals surface area contributed by atoms with Gasteiger partial charge in [-0.05, 0) is 35.4 Å². The fourth-order valence-corrected chi connectivity index (χ4v) is 2.98. The molecule has 0 aromatic heterocycles. The molecule has 2 unspecified atom stereocenters. The normalized spacial score (nSPS) is 20.0. The molecule has 0 amide bonds. The van der Waals surface area contributed by atoms with Gasteiger partial charge in [0.1, 0.15) is 22.9 Å². The second kappa shape index (κ2) is 8.23. The first-order chi connectivity index (χ1) is 12.2. The van der Waals surface area contributed by atoms with Gasteiger partial charge in [0.05, 0.1) is 10.4 Å². The molecule has 136 valence electrons. The summed E-state index contributed by atoms with van der Waals surface area (Å²) in [6, 6.07) is 4.27. The maximum atomic E-state index is 9.66. The highest BCUT2D eigenvalue weighted by atomic mass is 79.9. The molecule has 26 heavy (non-hydrogen) atoms. The molecule has 2 atom stereocenters. The Kier molecular flexibility index (Phi) is 6.26. The van der Waals surface area contributed by atoms with Gasteiger partial charge < -0.3 is 30.8 Å². The maximum absolute atomic E-state index is 9.66. The Morgan fingerprint density at radius 1 is 1.27 bits per heavy atom. The number of phenolic OH excluding ortho intramolecular Hbond substituents is 3. The lowest BCUT2D eigenvalue weighted by molar-refractivity contribution is 0.159. The van der Waals surface area contributed by atoms with Crippen molar-refractivity contribution in [3.8, 4) is 23.3 Å². The lowest BCUT2D eigenvalue weighted by Gasteiger charge is -2.20. The number of aliphatic hydroxyl groups is 2. The van der Waals surface area contributed by atoms with Crippen LogP contribution in [-0.4, -0.2) is 48.0 Å². The fraction of sp³-hybridized carbons (Fsp3) is 0.176. The van der Waals surface area contributed by atoms with E-state index in [0.29, 0.717) is 5.57 Å². The van der Waals surface area contributed by atoms with E-state index in [0.717, 1.165) is 0 Å². The van der Waals surface area contributed by atoms with Crippen LogP contribution in [0.1, 0.15) is 5.56 Å². The van der Waals surface area contributed by atoms with Gasteiger partial charge in [0.2, 0.25) is 0 Å². The third-order valence-corrected chi connectivity index (χ3v) is 4.66. The molecular weight excluding hydrogens is 424 g/mol. The number of benzene rings is 1. The smallest absolute Gasteiger partial charge is 0.200 e. The lowest BCUT2D eigenvalue weighted by Crippen LogP contribution is -2.29. The van der Waals surface area contributed by atoms with Crippen LogP contribution in [0.5, 0.6) is 17.2 Å². The molecule has 0 aliphatic heterocycles. The Labute approximate surface area is 163 Å². The molecule has 9 heteroatoms. The molecule has 1 aromatic rings. The number of hydrogen-bond donors (Lipinski definition) is 6. The van der Waals surface area contributed by atoms with E-state index in [1.807, 2.05) is 6.07 Å². The number of nitrogens with zero attached hydrogens (tertiary/aromatic N) is 1. The number of hydrogen-bond acceptors (Lipinski definition) is 7. The molecule has 6 N–H and O–H groups in total. The van der Waals surface area contributed by atoms with Crippen molar-refractivity contribution in [1.82, 2.24) is 5.32 Å². The van der Waals surface area contributed by atoms with Gasteiger partial charge >= 0.3 is 0 Å². The first-order valence-electron chi connectivity index (χ1n) is 7.31. The Balaban J connectivity index is 2.13. The number of alkyl halides is 1. The van der Waals surface area contributed by atoms with E-state index in [-0.39, 0.29) is 28.4 Å². The molecule has 7 nitrogen and oxygen atoms in total. The number of phenols is 3. The summed E-state index contributed by atoms with van der Waals surface area (Å²) < 4.78 is 0. The second-order valence-electron chi connectivity index (χ2n) is 5.46. The van der Waals surface area contributed by atoms with Crippen molar-refractivity contribution in [3.05, 3.63) is 46.8 Å². The van der Waals surface area contributed by atoms with E-state index < -0.39 is 28.2 Å². The topological polar surface area (TPSA) is 137 Å². The Hall–Kier alpha value is -2.54. The van der Waals surface area contributed by atoms with Crippen molar-refractivity contribution < 1.29 is 25.5 Å². The molecule has 0 saturated carbocycles. The maximum Gasteiger partial charge on any atom is 0.200 e. The van der Waals surface area contributed by atoms with Crippen LogP contribution in [-0.2, 0) is 0 Å². The van der Waals surface area contributed by atoms with Gasteiger partial charge in [0, 0.05) is 6.54 Å². The van der Waals surface area contributed by atoms with Gasteiger partial charge in [-0.15, -0.1) is 0 Å². The Bertz CT molecular complexity index is 849. The molecule has 0 bridgehead atoms. The van der Waals surface area contributed by atoms with E-state index in [4.69, 9.17) is 12.2 Å². The van der Waals surface area contributed by atoms with Gasteiger partial charge in [-0.3, -0.25) is 0 Å². The van der Waals surface area contributed by atoms with Crippen LogP contribution in [0.2, 0.25) is 0 Å². The summed E-state index contributed by atoms with van der Waals surface area (Å²) in [6.07, 6.45) is 3.43. The van der Waals surface area contributed by atoms with Crippen LogP contribution >= 0.6 is 28.1 Å². The summed E-state index contributed by atoms with van der Waals surface area (Å²) in [4.78, 5) is -0.322. The molecule has 0 saturated heterocycles. The third kappa shape index (κ3) is 4.54. The highest BCUT2D eigenvalue weighted by molar-refractivity contribution is 9.09. The third-order valence-electron chi connectivity index (χ3n) is 3.53. The van der Waals surface area contributed by atoms with E-state index >= 15 is 0 Å². The lowest BCUT2D eigenvalue weighted by atomic mass is 10.0. The predicted octanol–water partition coefficient (Wildman–Crippen LogP) is 2.13. The van der Waals surface area contributed by atoms with Crippen LogP contribution in [0, 0.1) is 11.3 Å². The number of halogens is 1. The van der Waals surface area contributed by atoms with Crippen molar-refractivity contribution in [1.29, 1.82) is 5.26 Å². The number of nitriles is 1. The largest absolute Gasteiger partial charge is 0.509 e. The Morgan fingerprint density at radius 3 is 2.42 bits per heavy atom. The Morgan fingerprint density at radius 2 is 1.88 bits per heavy atom. The number of aliphatic hydroxyl groups excluding tert-OH is 2. The second-order valence-corrected chi connectivity index (χ2v) is 6.93. The molecule has 0 fully saturated rings. The molecule has 2 rings (SSSR count). The van der Waals surface area contributed by atoms with Crippen LogP contribution in [0.25, 0.3) is 6.08 Å². The standard InChI is InChI=1S/C17H15BrN2O5S/c18-11-2-9(5-12(21)15(11)24)7-20-17(26)10(6-19)1-8-3-13(22)16(25)14(23)4-8/h1-5,11,15,21-25H,7H2,(H,20,26)/b10-1+. The van der Waals surface area contributed by atoms with Gasteiger partial charge in [-0.1, -0.05) is 34.2 Å². The fourth-order valence-electron chi connectivity index (χ4n) is 2.19. The van der Waals surface area contributed by atoms with Crippen molar-refractivity contribution in [2.24, 2.45) is 0 Å². The monoisotopic (exact) mass is 438 g/mol. The molecule has 0 spiro atoms. The van der Waals surface area contributed by atoms with Crippen LogP contribution in [0.4, 0.5) is 0 Å². The quantitative estimate of drug-likeness (QED) is 0.138. The predicted molar refractivity (Wildman–Crippen MR) is 103 cm³/mol. The van der Waals surface area contributed by atoms with Crippen LogP contribution in [0.3, 0.4) is 0 Å². The van der Waals surface area contributed by atoms with Crippen molar-refractivity contribution in [2.75, 3.05) is 6.54 Å². The zero-order valence-corrected chi connectivity index (χ0v) is 15.6. The highest BCUT2D eigenvalue weighted by Gasteiger charge is 2.23. The summed E-state index contributed by atoms with van der Waals surface area (Å²) >= 11 is 8.40. The number of rotatable bonds is 4. The summed E-state index contributed by atoms with van der Waals surface area (Å²) in [5.74, 6) is -1.88. The first kappa shape index (κ1) is 19.8. The van der Waals surface area contributed by atoms with Crippen LogP contribution < -0.4 is 5.32 Å². The van der Waals surface area contributed by atoms with E-state index in [1.54, 1.807) is 6.08 Å². The minimum Gasteiger partial charge on any atom is -0.509 e. The SMILES string of the molecule is N#C/C(=C\c1cc(O)c(O)c(O)c1)C(=S)NCC1=CC(Br)C(O)C(O)=C1. The summed E-state index contributed by atoms with van der Waals surface area (Å²) in [5, 5.41) is 59.8. The van der Waals surface area contributed by atoms with Gasteiger partial charge in [-0.25, -0.2) is 0 Å². The zero-order valence-electron chi connectivity index (χ0n) is 13.2. The van der Waals surface area contributed by atoms with Crippen molar-refractivity contribution in [3.63, 3.8) is 0 Å². The minimum absolute atomic E-state index is 0.0736. The van der Waals surface area contributed by atoms with E-state index in [2.05, 4.69) is 21.2 Å². The highest BCUT2D eigenvalue weighted by Crippen LogP contribution is 2.36. The minimum atomic E-state index is -1.02. The molecule has 1 aliphatic carbocycles. The number of nitrogens with one attached hydrogen (secondary N) is 1. The molecule has 0 heterocycles. The molecule has 0 radical (unpaired) electrons. The van der Waals surface area contributed by atoms with E-state index in [1.165, 1.54) is 24.3 Å². The average molecular weight is 439 g/mol. The first-order valence-corrected chi connectivity index (χ1v) is 8.63. The molecule has 1 aromatic carbocycles. The van der Waals surface area contributed by atoms with Crippen LogP contribution in [0.15, 0.2) is 41.2 Å². The van der Waals surface area contributed by atoms with Crippen molar-refractivity contribution >= 4 is 39.2 Å². The molecule has 1 aliphatic rings. The summed E-state index contributed by atoms with van der Waals surface area (Å²) in [5.41, 5.74) is 1.01.